The molecule has 0 unspecified atom stereocenters. The van der Waals surface area contributed by atoms with E-state index in [0.717, 1.165) is 13.2 Å². The number of methoxy groups -OCH3 is 1. The fourth-order valence-electron chi connectivity index (χ4n) is 4.12. The minimum Gasteiger partial charge on any atom is -0.453 e. The molecule has 1 aromatic carbocycles. The number of benzene rings is 1. The van der Waals surface area contributed by atoms with Gasteiger partial charge in [0.05, 0.1) is 18.8 Å². The Kier molecular flexibility index (Phi) is 10.3. The highest BCUT2D eigenvalue weighted by Crippen LogP contribution is 2.34. The molecule has 42 heavy (non-hydrogen) atoms. The molecule has 2 bridgehead atoms. The minimum atomic E-state index is -3.74. The Morgan fingerprint density at radius 3 is 2.50 bits per heavy atom. The van der Waals surface area contributed by atoms with Gasteiger partial charge in [-0.3, -0.25) is 10.1 Å². The molecule has 1 aliphatic heterocycles. The fraction of sp³-hybridized carbons (Fsp3) is 0.517. The molecule has 10 nitrogen and oxygen atoms in total. The molecule has 2 heterocycles. The Balaban J connectivity index is 2.13. The number of imidazole rings is 1. The van der Waals surface area contributed by atoms with E-state index in [1.54, 1.807) is 31.5 Å². The Morgan fingerprint density at radius 2 is 1.86 bits per heavy atom. The van der Waals surface area contributed by atoms with Gasteiger partial charge in [0.15, 0.2) is 0 Å². The number of nitrogens with one attached hydrogen (secondary N) is 2. The number of rotatable bonds is 7. The van der Waals surface area contributed by atoms with Crippen molar-refractivity contribution in [2.24, 2.45) is 0 Å². The number of halogens is 2. The number of carbonyl (C=O) groups is 3. The number of amides is 2. The summed E-state index contributed by atoms with van der Waals surface area (Å²) in [5.41, 5.74) is -0.620. The maximum absolute atomic E-state index is 15.2. The number of ketones is 1. The van der Waals surface area contributed by atoms with E-state index in [4.69, 9.17) is 14.5 Å². The number of carbonyl (C=O) groups excluding carboxylic acids is 3. The number of nitrogens with zero attached hydrogens (tertiary/aromatic N) is 2. The standard InChI is InChI=1S/C29H40F2N4O6Si/c1-28(2,3)41-27(38)34-22-10-8-9-13-29(30,31)24(36)21-16-19(32-26(37)39-4)11-12-20(21)23-17-35(25(22)33-23)18-40-14-15-42(5,6)7/h8-9,11-12,16-17,22H,10,13-15,18H2,1-7H3,(H,32,37)(H,34,38)/b9-8+/t22-/m0/s1. The first-order valence-electron chi connectivity index (χ1n) is 13.7. The SMILES string of the molecule is COC(=O)Nc1ccc2c(c1)C(=O)C(F)(F)C/C=C/C[C@H](NC(=O)OC(C)(C)C)c1nc-2cn1COCC[Si](C)(C)C. The molecule has 13 heteroatoms. The minimum absolute atomic E-state index is 0.0877. The molecule has 0 aliphatic carbocycles. The van der Waals surface area contributed by atoms with E-state index >= 15 is 8.78 Å². The molecule has 2 amide bonds. The molecule has 0 fully saturated rings. The van der Waals surface area contributed by atoms with Crippen molar-refractivity contribution in [1.82, 2.24) is 14.9 Å². The maximum atomic E-state index is 15.2. The number of ether oxygens (including phenoxy) is 3. The molecule has 2 aromatic rings. The van der Waals surface area contributed by atoms with Gasteiger partial charge < -0.3 is 24.1 Å². The number of aromatic nitrogens is 2. The molecule has 0 saturated carbocycles. The summed E-state index contributed by atoms with van der Waals surface area (Å²) in [6, 6.07) is 4.26. The lowest BCUT2D eigenvalue weighted by Gasteiger charge is -2.24. The molecule has 230 valence electrons. The van der Waals surface area contributed by atoms with Crippen molar-refractivity contribution in [3.63, 3.8) is 0 Å². The predicted octanol–water partition coefficient (Wildman–Crippen LogP) is 6.77. The van der Waals surface area contributed by atoms with E-state index < -0.39 is 50.0 Å². The average Bonchev–Trinajstić information content (AvgIpc) is 3.29. The molecule has 0 saturated heterocycles. The summed E-state index contributed by atoms with van der Waals surface area (Å²) in [7, 11) is -0.204. The van der Waals surface area contributed by atoms with Gasteiger partial charge in [-0.2, -0.15) is 8.78 Å². The van der Waals surface area contributed by atoms with Crippen molar-refractivity contribution >= 4 is 31.7 Å². The number of Topliss-reactive ketones (excluding diaryl/α,β-unsaturated/α-hetero) is 1. The second-order valence-corrected chi connectivity index (χ2v) is 17.9. The molecule has 1 aliphatic rings. The normalized spacial score (nSPS) is 17.7. The van der Waals surface area contributed by atoms with Crippen LogP contribution < -0.4 is 10.6 Å². The largest absolute Gasteiger partial charge is 0.453 e. The first kappa shape index (κ1) is 32.9. The van der Waals surface area contributed by atoms with Gasteiger partial charge in [-0.25, -0.2) is 14.6 Å². The molecule has 0 spiro atoms. The third-order valence-corrected chi connectivity index (χ3v) is 7.96. The van der Waals surface area contributed by atoms with Crippen molar-refractivity contribution < 1.29 is 37.4 Å². The molecule has 0 radical (unpaired) electrons. The summed E-state index contributed by atoms with van der Waals surface area (Å²) in [4.78, 5) is 42.4. The van der Waals surface area contributed by atoms with Gasteiger partial charge in [0.25, 0.3) is 0 Å². The van der Waals surface area contributed by atoms with Gasteiger partial charge >= 0.3 is 18.1 Å². The van der Waals surface area contributed by atoms with Crippen LogP contribution in [0.4, 0.5) is 24.1 Å². The van der Waals surface area contributed by atoms with Crippen LogP contribution in [0.1, 0.15) is 55.8 Å². The number of anilines is 1. The lowest BCUT2D eigenvalue weighted by molar-refractivity contribution is 0.0123. The molecule has 1 aromatic heterocycles. The Labute approximate surface area is 245 Å². The van der Waals surface area contributed by atoms with Gasteiger partial charge in [-0.1, -0.05) is 31.8 Å². The van der Waals surface area contributed by atoms with Crippen molar-refractivity contribution in [3.05, 3.63) is 47.9 Å². The summed E-state index contributed by atoms with van der Waals surface area (Å²) in [5, 5.41) is 5.21. The number of hydrogen-bond donors (Lipinski definition) is 2. The first-order valence-corrected chi connectivity index (χ1v) is 17.4. The Bertz CT molecular complexity index is 1330. The molecule has 1 atom stereocenters. The Morgan fingerprint density at radius 1 is 1.14 bits per heavy atom. The van der Waals surface area contributed by atoms with E-state index in [0.29, 0.717) is 12.4 Å². The molecule has 2 N–H and O–H groups in total. The van der Waals surface area contributed by atoms with Crippen LogP contribution in [0, 0.1) is 0 Å². The topological polar surface area (TPSA) is 121 Å². The van der Waals surface area contributed by atoms with Crippen molar-refractivity contribution in [2.45, 2.75) is 83.6 Å². The van der Waals surface area contributed by atoms with Crippen molar-refractivity contribution in [3.8, 4) is 11.3 Å². The van der Waals surface area contributed by atoms with Gasteiger partial charge in [-0.15, -0.1) is 0 Å². The van der Waals surface area contributed by atoms with Gasteiger partial charge in [0.2, 0.25) is 5.78 Å². The number of fused-ring (bicyclic) bond motifs is 4. The second kappa shape index (κ2) is 13.2. The zero-order valence-corrected chi connectivity index (χ0v) is 26.2. The predicted molar refractivity (Wildman–Crippen MR) is 158 cm³/mol. The Hall–Kier alpha value is -3.58. The smallest absolute Gasteiger partial charge is 0.411 e. The van der Waals surface area contributed by atoms with Gasteiger partial charge in [0, 0.05) is 44.1 Å². The van der Waals surface area contributed by atoms with E-state index in [2.05, 4.69) is 35.0 Å². The number of hydrogen-bond acceptors (Lipinski definition) is 7. The van der Waals surface area contributed by atoms with E-state index in [-0.39, 0.29) is 35.7 Å². The van der Waals surface area contributed by atoms with Crippen LogP contribution in [0.15, 0.2) is 36.5 Å². The van der Waals surface area contributed by atoms with E-state index in [9.17, 15) is 14.4 Å². The first-order chi connectivity index (χ1) is 19.5. The summed E-state index contributed by atoms with van der Waals surface area (Å²) >= 11 is 0. The van der Waals surface area contributed by atoms with Crippen LogP contribution in [-0.4, -0.2) is 60.8 Å². The number of alkyl halides is 2. The fourth-order valence-corrected chi connectivity index (χ4v) is 4.87. The summed E-state index contributed by atoms with van der Waals surface area (Å²) < 4.78 is 48.0. The summed E-state index contributed by atoms with van der Waals surface area (Å²) in [6.07, 6.45) is 2.04. The zero-order chi connectivity index (χ0) is 31.3. The van der Waals surface area contributed by atoms with Gasteiger partial charge in [0.1, 0.15) is 18.2 Å². The van der Waals surface area contributed by atoms with Crippen molar-refractivity contribution in [1.29, 1.82) is 0 Å². The lowest BCUT2D eigenvalue weighted by atomic mass is 9.95. The van der Waals surface area contributed by atoms with Crippen LogP contribution in [0.5, 0.6) is 0 Å². The monoisotopic (exact) mass is 606 g/mol. The zero-order valence-electron chi connectivity index (χ0n) is 25.2. The van der Waals surface area contributed by atoms with Crippen LogP contribution in [0.3, 0.4) is 0 Å². The average molecular weight is 607 g/mol. The number of allylic oxidation sites excluding steroid dienone is 1. The van der Waals surface area contributed by atoms with Crippen LogP contribution in [0.2, 0.25) is 25.7 Å². The highest BCUT2D eigenvalue weighted by atomic mass is 28.3. The second-order valence-electron chi connectivity index (χ2n) is 12.3. The maximum Gasteiger partial charge on any atom is 0.411 e. The third kappa shape index (κ3) is 9.21. The van der Waals surface area contributed by atoms with Crippen LogP contribution in [0.25, 0.3) is 11.3 Å². The lowest BCUT2D eigenvalue weighted by Crippen LogP contribution is -2.36. The van der Waals surface area contributed by atoms with E-state index in [1.165, 1.54) is 30.4 Å². The van der Waals surface area contributed by atoms with Crippen LogP contribution in [-0.2, 0) is 20.9 Å². The highest BCUT2D eigenvalue weighted by Gasteiger charge is 2.40. The van der Waals surface area contributed by atoms with E-state index in [1.807, 2.05) is 0 Å². The van der Waals surface area contributed by atoms with Crippen LogP contribution >= 0.6 is 0 Å². The van der Waals surface area contributed by atoms with Gasteiger partial charge in [-0.05, 0) is 51.4 Å². The molecule has 3 rings (SSSR count). The molecular formula is C29H40F2N4O6Si. The summed E-state index contributed by atoms with van der Waals surface area (Å²) in [5.74, 6) is -4.76. The highest BCUT2D eigenvalue weighted by molar-refractivity contribution is 6.76. The molecular weight excluding hydrogens is 566 g/mol. The number of alkyl carbamates (subject to hydrolysis) is 1. The third-order valence-electron chi connectivity index (χ3n) is 6.25. The quantitative estimate of drug-likeness (QED) is 0.203. The summed E-state index contributed by atoms with van der Waals surface area (Å²) in [6.45, 7) is 12.5. The van der Waals surface area contributed by atoms with Crippen molar-refractivity contribution in [2.75, 3.05) is 19.0 Å².